The molecule has 0 aliphatic carbocycles. The highest BCUT2D eigenvalue weighted by atomic mass is 32.2. The average molecular weight is 500 g/mol. The third-order valence-electron chi connectivity index (χ3n) is 5.63. The van der Waals surface area contributed by atoms with Gasteiger partial charge in [-0.2, -0.15) is 0 Å². The lowest BCUT2D eigenvalue weighted by Crippen LogP contribution is -2.12. The molecule has 0 saturated carbocycles. The number of carbonyl (C=O) groups is 1. The van der Waals surface area contributed by atoms with E-state index in [9.17, 15) is 9.18 Å². The zero-order valence-electron chi connectivity index (χ0n) is 19.6. The maximum atomic E-state index is 14.7. The predicted octanol–water partition coefficient (Wildman–Crippen LogP) is 6.22. The van der Waals surface area contributed by atoms with E-state index < -0.39 is 5.82 Å². The van der Waals surface area contributed by atoms with E-state index in [0.29, 0.717) is 28.2 Å². The van der Waals surface area contributed by atoms with Gasteiger partial charge in [-0.25, -0.2) is 9.37 Å². The Morgan fingerprint density at radius 1 is 1.00 bits per heavy atom. The number of carbonyl (C=O) groups excluding carboxylic acids is 1. The molecule has 2 aromatic heterocycles. The number of halogens is 1. The summed E-state index contributed by atoms with van der Waals surface area (Å²) in [4.78, 5) is 16.9. The Kier molecular flexibility index (Phi) is 6.64. The minimum Gasteiger partial charge on any atom is -0.447 e. The monoisotopic (exact) mass is 499 g/mol. The fourth-order valence-corrected chi connectivity index (χ4v) is 4.41. The number of hydrogen-bond donors (Lipinski definition) is 1. The van der Waals surface area contributed by atoms with Crippen LogP contribution in [-0.4, -0.2) is 25.7 Å². The molecule has 0 aliphatic rings. The molecule has 5 aromatic rings. The first-order valence-electron chi connectivity index (χ1n) is 11.2. The van der Waals surface area contributed by atoms with Crippen molar-refractivity contribution in [3.05, 3.63) is 108 Å². The molecule has 0 bridgehead atoms. The van der Waals surface area contributed by atoms with Crippen LogP contribution >= 0.6 is 11.8 Å². The Labute approximate surface area is 211 Å². The Hall–Kier alpha value is -4.24. The van der Waals surface area contributed by atoms with Crippen LogP contribution in [0.1, 0.15) is 27.5 Å². The molecule has 0 spiro atoms. The van der Waals surface area contributed by atoms with Gasteiger partial charge >= 0.3 is 0 Å². The Morgan fingerprint density at radius 3 is 2.56 bits per heavy atom. The summed E-state index contributed by atoms with van der Waals surface area (Å²) in [6.45, 7) is 4.00. The summed E-state index contributed by atoms with van der Waals surface area (Å²) < 4.78 is 21.9. The minimum absolute atomic E-state index is 0.171. The molecule has 0 fully saturated rings. The highest BCUT2D eigenvalue weighted by Gasteiger charge is 2.20. The fraction of sp³-hybridized carbons (Fsp3) is 0.111. The molecule has 0 atom stereocenters. The lowest BCUT2D eigenvalue weighted by molar-refractivity contribution is 0.102. The van der Waals surface area contributed by atoms with Crippen molar-refractivity contribution in [3.8, 4) is 17.1 Å². The van der Waals surface area contributed by atoms with Crippen molar-refractivity contribution in [2.75, 3.05) is 5.32 Å². The van der Waals surface area contributed by atoms with E-state index in [1.165, 1.54) is 24.1 Å². The smallest absolute Gasteiger partial charge is 0.277 e. The molecule has 180 valence electrons. The van der Waals surface area contributed by atoms with Crippen molar-refractivity contribution in [1.82, 2.24) is 19.7 Å². The second-order valence-corrected chi connectivity index (χ2v) is 9.07. The van der Waals surface area contributed by atoms with Crippen molar-refractivity contribution in [2.24, 2.45) is 0 Å². The molecule has 7 nitrogen and oxygen atoms in total. The first-order valence-corrected chi connectivity index (χ1v) is 12.2. The summed E-state index contributed by atoms with van der Waals surface area (Å²) >= 11 is 1.29. The topological polar surface area (TPSA) is 85.8 Å². The summed E-state index contributed by atoms with van der Waals surface area (Å²) in [5.74, 6) is 0.383. The third kappa shape index (κ3) is 4.92. The number of para-hydroxylation sites is 1. The highest BCUT2D eigenvalue weighted by Crippen LogP contribution is 2.30. The van der Waals surface area contributed by atoms with Gasteiger partial charge in [0, 0.05) is 11.3 Å². The summed E-state index contributed by atoms with van der Waals surface area (Å²) in [5.41, 5.74) is 4.23. The Balaban J connectivity index is 1.36. The van der Waals surface area contributed by atoms with E-state index in [2.05, 4.69) is 20.5 Å². The van der Waals surface area contributed by atoms with Crippen LogP contribution in [0.15, 0.2) is 88.6 Å². The molecule has 36 heavy (non-hydrogen) atoms. The number of hydrogen-bond acceptors (Lipinski definition) is 6. The number of oxazole rings is 1. The molecule has 1 N–H and O–H groups in total. The van der Waals surface area contributed by atoms with Crippen molar-refractivity contribution in [1.29, 1.82) is 0 Å². The number of amides is 1. The highest BCUT2D eigenvalue weighted by molar-refractivity contribution is 7.98. The molecule has 0 saturated heterocycles. The average Bonchev–Trinajstić information content (AvgIpc) is 3.53. The molecule has 0 radical (unpaired) electrons. The molecule has 5 rings (SSSR count). The normalized spacial score (nSPS) is 11.0. The lowest BCUT2D eigenvalue weighted by atomic mass is 10.1. The molecule has 0 aliphatic heterocycles. The number of nitrogens with zero attached hydrogens (tertiary/aromatic N) is 4. The van der Waals surface area contributed by atoms with Gasteiger partial charge in [0.15, 0.2) is 16.7 Å². The van der Waals surface area contributed by atoms with E-state index in [1.807, 2.05) is 62.4 Å². The number of nitrogens with one attached hydrogen (secondary N) is 1. The first-order chi connectivity index (χ1) is 17.5. The minimum atomic E-state index is -0.391. The van der Waals surface area contributed by atoms with E-state index in [0.717, 1.165) is 16.7 Å². The maximum Gasteiger partial charge on any atom is 0.277 e. The van der Waals surface area contributed by atoms with Crippen LogP contribution in [0.4, 0.5) is 10.1 Å². The summed E-state index contributed by atoms with van der Waals surface area (Å²) in [5, 5.41) is 11.9. The van der Waals surface area contributed by atoms with Crippen LogP contribution in [-0.2, 0) is 5.75 Å². The zero-order chi connectivity index (χ0) is 25.1. The van der Waals surface area contributed by atoms with E-state index in [4.69, 9.17) is 4.42 Å². The molecule has 0 unspecified atom stereocenters. The van der Waals surface area contributed by atoms with E-state index in [1.54, 1.807) is 22.8 Å². The quantitative estimate of drug-likeness (QED) is 0.268. The fourth-order valence-electron chi connectivity index (χ4n) is 3.61. The zero-order valence-corrected chi connectivity index (χ0v) is 20.4. The SMILES string of the molecule is Cc1ccc(NC(=O)c2coc(CSc3nnc(-c4ccccc4)n3-c3ccccc3F)n2)cc1C. The predicted molar refractivity (Wildman–Crippen MR) is 137 cm³/mol. The van der Waals surface area contributed by atoms with Gasteiger partial charge in [-0.05, 0) is 49.2 Å². The van der Waals surface area contributed by atoms with Gasteiger partial charge in [0.05, 0.1) is 11.4 Å². The van der Waals surface area contributed by atoms with E-state index >= 15 is 0 Å². The van der Waals surface area contributed by atoms with Crippen molar-refractivity contribution in [3.63, 3.8) is 0 Å². The van der Waals surface area contributed by atoms with Crippen LogP contribution in [0, 0.1) is 19.7 Å². The summed E-state index contributed by atoms with van der Waals surface area (Å²) in [6.07, 6.45) is 1.32. The van der Waals surface area contributed by atoms with Gasteiger partial charge < -0.3 is 9.73 Å². The molecule has 2 heterocycles. The molecule has 9 heteroatoms. The largest absolute Gasteiger partial charge is 0.447 e. The van der Waals surface area contributed by atoms with Gasteiger partial charge in [0.25, 0.3) is 5.91 Å². The summed E-state index contributed by atoms with van der Waals surface area (Å²) in [6, 6.07) is 21.6. The van der Waals surface area contributed by atoms with Gasteiger partial charge in [0.2, 0.25) is 5.89 Å². The van der Waals surface area contributed by atoms with Gasteiger partial charge in [0.1, 0.15) is 12.1 Å². The van der Waals surface area contributed by atoms with Crippen LogP contribution in [0.25, 0.3) is 17.1 Å². The van der Waals surface area contributed by atoms with Crippen LogP contribution < -0.4 is 5.32 Å². The Morgan fingerprint density at radius 2 is 1.78 bits per heavy atom. The van der Waals surface area contributed by atoms with Crippen LogP contribution in [0.2, 0.25) is 0 Å². The molecule has 3 aromatic carbocycles. The van der Waals surface area contributed by atoms with Crippen molar-refractivity contribution < 1.29 is 13.6 Å². The number of benzene rings is 3. The standard InChI is InChI=1S/C27H22FN5O2S/c1-17-12-13-20(14-18(17)2)29-26(34)22-15-35-24(30-22)16-36-27-32-31-25(19-8-4-3-5-9-19)33(27)23-11-7-6-10-21(23)28/h3-15H,16H2,1-2H3,(H,29,34). The van der Waals surface area contributed by atoms with E-state index in [-0.39, 0.29) is 17.4 Å². The number of anilines is 1. The van der Waals surface area contributed by atoms with Crippen LogP contribution in [0.5, 0.6) is 0 Å². The lowest BCUT2D eigenvalue weighted by Gasteiger charge is -2.10. The van der Waals surface area contributed by atoms with Crippen molar-refractivity contribution >= 4 is 23.4 Å². The molecule has 1 amide bonds. The summed E-state index contributed by atoms with van der Waals surface area (Å²) in [7, 11) is 0. The van der Waals surface area contributed by atoms with Gasteiger partial charge in [-0.15, -0.1) is 10.2 Å². The Bertz CT molecular complexity index is 1530. The molecular formula is C27H22FN5O2S. The number of aromatic nitrogens is 4. The maximum absolute atomic E-state index is 14.7. The first kappa shape index (κ1) is 23.5. The van der Waals surface area contributed by atoms with Gasteiger partial charge in [-0.3, -0.25) is 9.36 Å². The second-order valence-electron chi connectivity index (χ2n) is 8.13. The second kappa shape index (κ2) is 10.2. The molecular weight excluding hydrogens is 477 g/mol. The third-order valence-corrected chi connectivity index (χ3v) is 6.55. The number of rotatable bonds is 7. The number of aryl methyl sites for hydroxylation is 2. The van der Waals surface area contributed by atoms with Gasteiger partial charge in [-0.1, -0.05) is 60.3 Å². The van der Waals surface area contributed by atoms with Crippen molar-refractivity contribution in [2.45, 2.75) is 24.8 Å². The van der Waals surface area contributed by atoms with Crippen LogP contribution in [0.3, 0.4) is 0 Å². The number of thioether (sulfide) groups is 1.